The maximum atomic E-state index is 12.0. The predicted molar refractivity (Wildman–Crippen MR) is 85.9 cm³/mol. The number of fused-ring (bicyclic) bond motifs is 1. The third kappa shape index (κ3) is 3.99. The van der Waals surface area contributed by atoms with E-state index in [9.17, 15) is 9.90 Å². The number of aliphatic hydroxyl groups excluding tert-OH is 1. The van der Waals surface area contributed by atoms with Gasteiger partial charge in [-0.1, -0.05) is 38.1 Å². The second-order valence-corrected chi connectivity index (χ2v) is 6.53. The fourth-order valence-electron chi connectivity index (χ4n) is 3.03. The van der Waals surface area contributed by atoms with E-state index in [2.05, 4.69) is 36.6 Å². The Kier molecular flexibility index (Phi) is 5.42. The average molecular weight is 306 g/mol. The smallest absolute Gasteiger partial charge is 0.315 e. The normalized spacial score (nSPS) is 20.8. The van der Waals surface area contributed by atoms with E-state index in [0.717, 1.165) is 12.8 Å². The van der Waals surface area contributed by atoms with Gasteiger partial charge in [-0.05, 0) is 29.4 Å². The summed E-state index contributed by atoms with van der Waals surface area (Å²) in [5.41, 5.74) is 2.62. The molecule has 5 heteroatoms. The summed E-state index contributed by atoms with van der Waals surface area (Å²) in [6.45, 7) is 4.87. The maximum Gasteiger partial charge on any atom is 0.315 e. The second-order valence-electron chi connectivity index (χ2n) is 6.53. The van der Waals surface area contributed by atoms with Crippen LogP contribution in [-0.4, -0.2) is 37.5 Å². The molecule has 1 aromatic rings. The number of carbonyl (C=O) groups excluding carboxylic acids is 1. The van der Waals surface area contributed by atoms with Gasteiger partial charge in [0.15, 0.2) is 0 Å². The first kappa shape index (κ1) is 16.8. The number of hydrogen-bond donors (Lipinski definition) is 3. The lowest BCUT2D eigenvalue weighted by Gasteiger charge is -2.37. The second kappa shape index (κ2) is 7.11. The molecular formula is C17H26N2O3. The van der Waals surface area contributed by atoms with Gasteiger partial charge in [0.25, 0.3) is 0 Å². The van der Waals surface area contributed by atoms with Crippen molar-refractivity contribution in [1.82, 2.24) is 10.6 Å². The van der Waals surface area contributed by atoms with E-state index >= 15 is 0 Å². The highest BCUT2D eigenvalue weighted by Crippen LogP contribution is 2.41. The van der Waals surface area contributed by atoms with Gasteiger partial charge in [0.2, 0.25) is 0 Å². The van der Waals surface area contributed by atoms with Gasteiger partial charge in [-0.25, -0.2) is 4.79 Å². The zero-order valence-electron chi connectivity index (χ0n) is 13.6. The Morgan fingerprint density at radius 2 is 2.18 bits per heavy atom. The number of urea groups is 1. The first-order valence-corrected chi connectivity index (χ1v) is 7.75. The van der Waals surface area contributed by atoms with Gasteiger partial charge < -0.3 is 20.5 Å². The molecule has 0 aliphatic heterocycles. The van der Waals surface area contributed by atoms with Gasteiger partial charge in [-0.2, -0.15) is 0 Å². The molecule has 0 bridgehead atoms. The third-order valence-corrected chi connectivity index (χ3v) is 4.29. The Hall–Kier alpha value is -1.59. The van der Waals surface area contributed by atoms with Crippen LogP contribution in [0.25, 0.3) is 0 Å². The van der Waals surface area contributed by atoms with E-state index in [1.54, 1.807) is 0 Å². The number of nitrogens with one attached hydrogen (secondary N) is 2. The van der Waals surface area contributed by atoms with Crippen molar-refractivity contribution in [3.63, 3.8) is 0 Å². The van der Waals surface area contributed by atoms with Crippen molar-refractivity contribution in [1.29, 1.82) is 0 Å². The van der Waals surface area contributed by atoms with E-state index in [1.807, 2.05) is 12.1 Å². The van der Waals surface area contributed by atoms with Gasteiger partial charge in [-0.15, -0.1) is 0 Å². The highest BCUT2D eigenvalue weighted by Gasteiger charge is 2.32. The Morgan fingerprint density at radius 3 is 2.91 bits per heavy atom. The molecule has 1 aliphatic carbocycles. The number of methoxy groups -OCH3 is 1. The minimum absolute atomic E-state index is 0.0174. The van der Waals surface area contributed by atoms with Crippen LogP contribution in [0.3, 0.4) is 0 Å². The molecule has 1 aliphatic rings. The molecule has 0 aromatic heterocycles. The van der Waals surface area contributed by atoms with Crippen LogP contribution in [-0.2, 0) is 10.2 Å². The fourth-order valence-corrected chi connectivity index (χ4v) is 3.03. The van der Waals surface area contributed by atoms with E-state index in [1.165, 1.54) is 18.2 Å². The van der Waals surface area contributed by atoms with Crippen molar-refractivity contribution in [2.45, 2.75) is 44.2 Å². The van der Waals surface area contributed by atoms with Gasteiger partial charge in [-0.3, -0.25) is 0 Å². The molecular weight excluding hydrogens is 280 g/mol. The molecule has 0 radical (unpaired) electrons. The van der Waals surface area contributed by atoms with Crippen molar-refractivity contribution >= 4 is 6.03 Å². The topological polar surface area (TPSA) is 70.6 Å². The predicted octanol–water partition coefficient (Wildman–Crippen LogP) is 2.11. The SMILES string of the molecule is COCC(O)CNC(=O)NC1CCC(C)(C)c2ccccc21. The Morgan fingerprint density at radius 1 is 1.45 bits per heavy atom. The van der Waals surface area contributed by atoms with E-state index in [4.69, 9.17) is 4.74 Å². The van der Waals surface area contributed by atoms with Crippen LogP contribution in [0.1, 0.15) is 43.9 Å². The molecule has 2 atom stereocenters. The van der Waals surface area contributed by atoms with Gasteiger partial charge in [0.05, 0.1) is 18.8 Å². The van der Waals surface area contributed by atoms with Crippen molar-refractivity contribution in [2.24, 2.45) is 0 Å². The molecule has 0 saturated heterocycles. The molecule has 0 heterocycles. The lowest BCUT2D eigenvalue weighted by molar-refractivity contribution is 0.0659. The molecule has 0 fully saturated rings. The number of hydrogen-bond acceptors (Lipinski definition) is 3. The number of carbonyl (C=O) groups is 1. The molecule has 2 unspecified atom stereocenters. The summed E-state index contributed by atoms with van der Waals surface area (Å²) < 4.78 is 4.83. The standard InChI is InChI=1S/C17H26N2O3/c1-17(2)9-8-15(13-6-4-5-7-14(13)17)19-16(21)18-10-12(20)11-22-3/h4-7,12,15,20H,8-11H2,1-3H3,(H2,18,19,21). The Balaban J connectivity index is 1.98. The Labute approximate surface area is 132 Å². The summed E-state index contributed by atoms with van der Waals surface area (Å²) in [6, 6.07) is 8.04. The largest absolute Gasteiger partial charge is 0.389 e. The first-order valence-electron chi connectivity index (χ1n) is 7.75. The molecule has 1 aromatic carbocycles. The van der Waals surface area contributed by atoms with E-state index in [0.29, 0.717) is 0 Å². The fraction of sp³-hybridized carbons (Fsp3) is 0.588. The lowest BCUT2D eigenvalue weighted by Crippen LogP contribution is -2.44. The highest BCUT2D eigenvalue weighted by molar-refractivity contribution is 5.74. The molecule has 3 N–H and O–H groups in total. The lowest BCUT2D eigenvalue weighted by atomic mass is 9.71. The molecule has 5 nitrogen and oxygen atoms in total. The van der Waals surface area contributed by atoms with Crippen molar-refractivity contribution in [3.8, 4) is 0 Å². The summed E-state index contributed by atoms with van der Waals surface area (Å²) in [5.74, 6) is 0. The first-order chi connectivity index (χ1) is 10.4. The maximum absolute atomic E-state index is 12.0. The zero-order valence-corrected chi connectivity index (χ0v) is 13.6. The summed E-state index contributed by atoms with van der Waals surface area (Å²) in [4.78, 5) is 12.0. The van der Waals surface area contributed by atoms with Crippen LogP contribution in [0, 0.1) is 0 Å². The number of rotatable bonds is 5. The van der Waals surface area contributed by atoms with Crippen molar-refractivity contribution in [2.75, 3.05) is 20.3 Å². The third-order valence-electron chi connectivity index (χ3n) is 4.29. The van der Waals surface area contributed by atoms with Gasteiger partial charge in [0, 0.05) is 13.7 Å². The number of amides is 2. The molecule has 0 spiro atoms. The zero-order chi connectivity index (χ0) is 16.2. The number of aliphatic hydroxyl groups is 1. The molecule has 2 amide bonds. The van der Waals surface area contributed by atoms with Crippen LogP contribution in [0.5, 0.6) is 0 Å². The van der Waals surface area contributed by atoms with Crippen LogP contribution in [0.15, 0.2) is 24.3 Å². The number of ether oxygens (including phenoxy) is 1. The van der Waals surface area contributed by atoms with E-state index in [-0.39, 0.29) is 30.6 Å². The van der Waals surface area contributed by atoms with Crippen LogP contribution >= 0.6 is 0 Å². The monoisotopic (exact) mass is 306 g/mol. The van der Waals surface area contributed by atoms with E-state index < -0.39 is 6.10 Å². The summed E-state index contributed by atoms with van der Waals surface area (Å²) >= 11 is 0. The molecule has 2 rings (SSSR count). The van der Waals surface area contributed by atoms with Crippen LogP contribution in [0.2, 0.25) is 0 Å². The highest BCUT2D eigenvalue weighted by atomic mass is 16.5. The minimum atomic E-state index is -0.687. The quantitative estimate of drug-likeness (QED) is 0.780. The minimum Gasteiger partial charge on any atom is -0.389 e. The Bertz CT molecular complexity index is 516. The summed E-state index contributed by atoms with van der Waals surface area (Å²) in [6.07, 6.45) is 1.26. The average Bonchev–Trinajstić information content (AvgIpc) is 2.49. The summed E-state index contributed by atoms with van der Waals surface area (Å²) in [7, 11) is 1.52. The van der Waals surface area contributed by atoms with Crippen LogP contribution in [0.4, 0.5) is 4.79 Å². The molecule has 0 saturated carbocycles. The van der Waals surface area contributed by atoms with Crippen LogP contribution < -0.4 is 10.6 Å². The van der Waals surface area contributed by atoms with Crippen molar-refractivity contribution < 1.29 is 14.6 Å². The van der Waals surface area contributed by atoms with Gasteiger partial charge in [0.1, 0.15) is 0 Å². The molecule has 122 valence electrons. The molecule has 22 heavy (non-hydrogen) atoms. The number of benzene rings is 1. The van der Waals surface area contributed by atoms with Crippen molar-refractivity contribution in [3.05, 3.63) is 35.4 Å². The summed E-state index contributed by atoms with van der Waals surface area (Å²) in [5, 5.41) is 15.3. The van der Waals surface area contributed by atoms with Gasteiger partial charge >= 0.3 is 6.03 Å².